The maximum Gasteiger partial charge on any atom is 0.237 e. The molecule has 33 heavy (non-hydrogen) atoms. The lowest BCUT2D eigenvalue weighted by Crippen LogP contribution is -2.20. The van der Waals surface area contributed by atoms with Crippen molar-refractivity contribution in [2.24, 2.45) is 0 Å². The van der Waals surface area contributed by atoms with E-state index >= 15 is 4.39 Å². The molecule has 0 saturated carbocycles. The lowest BCUT2D eigenvalue weighted by molar-refractivity contribution is 0.310. The highest BCUT2D eigenvalue weighted by atomic mass is 19.1. The number of nitrogens with one attached hydrogen (secondary N) is 2. The molecule has 2 aromatic carbocycles. The quantitative estimate of drug-likeness (QED) is 0.393. The number of anilines is 4. The van der Waals surface area contributed by atoms with Crippen LogP contribution in [-0.2, 0) is 0 Å². The van der Waals surface area contributed by atoms with Crippen molar-refractivity contribution in [3.63, 3.8) is 0 Å². The van der Waals surface area contributed by atoms with Crippen LogP contribution in [0.4, 0.5) is 31.8 Å². The van der Waals surface area contributed by atoms with E-state index in [1.165, 1.54) is 31.5 Å². The van der Waals surface area contributed by atoms with Crippen LogP contribution in [0.1, 0.15) is 5.56 Å². The molecule has 1 aliphatic heterocycles. The zero-order valence-corrected chi connectivity index (χ0v) is 17.9. The summed E-state index contributed by atoms with van der Waals surface area (Å²) in [6.45, 7) is 3.02. The SMILES string of the molecule is COc1cc(F)ccc1Nc1ncc2c(N)c(F)c(-c3cnc4c(c3C)NCCO4)cc2n1. The number of hydrogen-bond donors (Lipinski definition) is 3. The lowest BCUT2D eigenvalue weighted by Gasteiger charge is -2.22. The molecule has 4 N–H and O–H groups in total. The fourth-order valence-corrected chi connectivity index (χ4v) is 3.81. The van der Waals surface area contributed by atoms with Crippen molar-refractivity contribution in [1.82, 2.24) is 15.0 Å². The molecule has 0 radical (unpaired) electrons. The van der Waals surface area contributed by atoms with Crippen molar-refractivity contribution in [3.8, 4) is 22.8 Å². The monoisotopic (exact) mass is 450 g/mol. The first-order chi connectivity index (χ1) is 16.0. The van der Waals surface area contributed by atoms with Gasteiger partial charge in [0.25, 0.3) is 0 Å². The molecule has 5 rings (SSSR count). The molecule has 8 nitrogen and oxygen atoms in total. The minimum absolute atomic E-state index is 0.0604. The van der Waals surface area contributed by atoms with Gasteiger partial charge in [-0.1, -0.05) is 0 Å². The summed E-state index contributed by atoms with van der Waals surface area (Å²) >= 11 is 0. The van der Waals surface area contributed by atoms with Gasteiger partial charge in [-0.05, 0) is 30.7 Å². The number of benzene rings is 2. The third-order valence-electron chi connectivity index (χ3n) is 5.51. The molecule has 4 aromatic rings. The number of fused-ring (bicyclic) bond motifs is 2. The Balaban J connectivity index is 1.60. The Morgan fingerprint density at radius 1 is 1.15 bits per heavy atom. The average molecular weight is 450 g/mol. The van der Waals surface area contributed by atoms with Crippen molar-refractivity contribution >= 4 is 33.9 Å². The molecule has 0 aliphatic carbocycles. The highest BCUT2D eigenvalue weighted by Gasteiger charge is 2.21. The molecule has 10 heteroatoms. The molecular formula is C23H20F2N6O2. The highest BCUT2D eigenvalue weighted by Crippen LogP contribution is 2.39. The normalized spacial score (nSPS) is 12.6. The van der Waals surface area contributed by atoms with Gasteiger partial charge in [-0.2, -0.15) is 0 Å². The molecule has 3 heterocycles. The fraction of sp³-hybridized carbons (Fsp3) is 0.174. The van der Waals surface area contributed by atoms with E-state index in [-0.39, 0.29) is 17.2 Å². The van der Waals surface area contributed by atoms with Gasteiger partial charge in [0.05, 0.1) is 24.0 Å². The summed E-state index contributed by atoms with van der Waals surface area (Å²) in [5.74, 6) is -0.00541. The molecule has 0 saturated heterocycles. The predicted molar refractivity (Wildman–Crippen MR) is 122 cm³/mol. The number of nitrogens with zero attached hydrogens (tertiary/aromatic N) is 3. The van der Waals surface area contributed by atoms with Crippen LogP contribution in [0.2, 0.25) is 0 Å². The van der Waals surface area contributed by atoms with Crippen LogP contribution >= 0.6 is 0 Å². The van der Waals surface area contributed by atoms with Crippen LogP contribution < -0.4 is 25.8 Å². The van der Waals surface area contributed by atoms with Crippen molar-refractivity contribution < 1.29 is 18.3 Å². The smallest absolute Gasteiger partial charge is 0.237 e. The van der Waals surface area contributed by atoms with Gasteiger partial charge >= 0.3 is 0 Å². The van der Waals surface area contributed by atoms with E-state index in [1.54, 1.807) is 12.3 Å². The van der Waals surface area contributed by atoms with Gasteiger partial charge in [0.2, 0.25) is 11.8 Å². The van der Waals surface area contributed by atoms with Crippen molar-refractivity contribution in [3.05, 3.63) is 53.9 Å². The molecule has 0 spiro atoms. The van der Waals surface area contributed by atoms with Crippen LogP contribution in [-0.4, -0.2) is 35.2 Å². The van der Waals surface area contributed by atoms with Crippen LogP contribution in [0.25, 0.3) is 22.0 Å². The summed E-state index contributed by atoms with van der Waals surface area (Å²) in [7, 11) is 1.44. The maximum atomic E-state index is 15.3. The minimum Gasteiger partial charge on any atom is -0.494 e. The van der Waals surface area contributed by atoms with Crippen molar-refractivity contribution in [1.29, 1.82) is 0 Å². The van der Waals surface area contributed by atoms with E-state index in [1.807, 2.05) is 6.92 Å². The molecule has 0 bridgehead atoms. The maximum absolute atomic E-state index is 15.3. The number of pyridine rings is 1. The van der Waals surface area contributed by atoms with E-state index in [0.29, 0.717) is 46.9 Å². The topological polar surface area (TPSA) is 107 Å². The molecular weight excluding hydrogens is 430 g/mol. The summed E-state index contributed by atoms with van der Waals surface area (Å²) in [5.41, 5.74) is 9.33. The Bertz CT molecular complexity index is 1400. The third kappa shape index (κ3) is 3.59. The van der Waals surface area contributed by atoms with Gasteiger partial charge in [0.1, 0.15) is 23.9 Å². The predicted octanol–water partition coefficient (Wildman–Crippen LogP) is 4.42. The van der Waals surface area contributed by atoms with Gasteiger partial charge in [-0.15, -0.1) is 0 Å². The largest absolute Gasteiger partial charge is 0.494 e. The Labute approximate surface area is 187 Å². The number of ether oxygens (including phenoxy) is 2. The van der Waals surface area contributed by atoms with E-state index in [4.69, 9.17) is 15.2 Å². The molecule has 2 aromatic heterocycles. The summed E-state index contributed by atoms with van der Waals surface area (Å²) in [6.07, 6.45) is 3.00. The zero-order valence-electron chi connectivity index (χ0n) is 17.9. The number of nitrogens with two attached hydrogens (primary N) is 1. The summed E-state index contributed by atoms with van der Waals surface area (Å²) in [6, 6.07) is 5.67. The molecule has 0 unspecified atom stereocenters. The second-order valence-corrected chi connectivity index (χ2v) is 7.50. The molecule has 0 amide bonds. The van der Waals surface area contributed by atoms with Gasteiger partial charge in [0, 0.05) is 41.5 Å². The standard InChI is InChI=1S/C23H20F2N6O2/c1-11-14(9-28-22-21(11)27-5-6-33-22)13-8-17-15(20(26)19(13)25)10-29-23(31-17)30-16-4-3-12(24)7-18(16)32-2/h3-4,7-10,27H,5-6,26H2,1-2H3,(H,29,30,31). The van der Waals surface area contributed by atoms with E-state index in [0.717, 1.165) is 11.3 Å². The van der Waals surface area contributed by atoms with Crippen LogP contribution in [0.5, 0.6) is 11.6 Å². The van der Waals surface area contributed by atoms with E-state index in [9.17, 15) is 4.39 Å². The van der Waals surface area contributed by atoms with Gasteiger partial charge < -0.3 is 25.8 Å². The Morgan fingerprint density at radius 3 is 2.82 bits per heavy atom. The van der Waals surface area contributed by atoms with Crippen molar-refractivity contribution in [2.75, 3.05) is 36.6 Å². The summed E-state index contributed by atoms with van der Waals surface area (Å²) in [5, 5.41) is 6.62. The van der Waals surface area contributed by atoms with E-state index in [2.05, 4.69) is 25.6 Å². The first-order valence-corrected chi connectivity index (χ1v) is 10.2. The zero-order chi connectivity index (χ0) is 23.1. The fourth-order valence-electron chi connectivity index (χ4n) is 3.81. The van der Waals surface area contributed by atoms with E-state index < -0.39 is 11.6 Å². The number of nitrogen functional groups attached to an aromatic ring is 1. The third-order valence-corrected chi connectivity index (χ3v) is 5.51. The Morgan fingerprint density at radius 2 is 2.00 bits per heavy atom. The first kappa shape index (κ1) is 20.7. The Hall–Kier alpha value is -4.21. The molecule has 168 valence electrons. The average Bonchev–Trinajstić information content (AvgIpc) is 2.83. The van der Waals surface area contributed by atoms with Gasteiger partial charge in [-0.25, -0.2) is 23.7 Å². The summed E-state index contributed by atoms with van der Waals surface area (Å²) in [4.78, 5) is 13.0. The number of rotatable bonds is 4. The van der Waals surface area contributed by atoms with Crippen LogP contribution in [0.15, 0.2) is 36.7 Å². The number of halogens is 2. The lowest BCUT2D eigenvalue weighted by atomic mass is 9.98. The second-order valence-electron chi connectivity index (χ2n) is 7.50. The van der Waals surface area contributed by atoms with Gasteiger partial charge in [-0.3, -0.25) is 0 Å². The molecule has 0 fully saturated rings. The van der Waals surface area contributed by atoms with Crippen molar-refractivity contribution in [2.45, 2.75) is 6.92 Å². The molecule has 1 aliphatic rings. The Kier molecular flexibility index (Phi) is 5.04. The number of methoxy groups -OCH3 is 1. The van der Waals surface area contributed by atoms with Crippen LogP contribution in [0, 0.1) is 18.6 Å². The second kappa shape index (κ2) is 8.05. The summed E-state index contributed by atoms with van der Waals surface area (Å²) < 4.78 is 39.6. The minimum atomic E-state index is -0.575. The van der Waals surface area contributed by atoms with Gasteiger partial charge in [0.15, 0.2) is 5.82 Å². The number of hydrogen-bond acceptors (Lipinski definition) is 8. The highest BCUT2D eigenvalue weighted by molar-refractivity contribution is 5.96. The molecule has 0 atom stereocenters. The number of aromatic nitrogens is 3. The first-order valence-electron chi connectivity index (χ1n) is 10.2. The van der Waals surface area contributed by atoms with Crippen LogP contribution in [0.3, 0.4) is 0 Å².